The van der Waals surface area contributed by atoms with Crippen LogP contribution < -0.4 is 10.5 Å². The predicted molar refractivity (Wildman–Crippen MR) is 89.9 cm³/mol. The molecule has 6 nitrogen and oxygen atoms in total. The summed E-state index contributed by atoms with van der Waals surface area (Å²) in [7, 11) is -3.80. The maximum absolute atomic E-state index is 13.7. The smallest absolute Gasteiger partial charge is 0.291 e. The molecule has 3 N–H and O–H groups in total. The molecule has 8 heteroatoms. The van der Waals surface area contributed by atoms with E-state index in [4.69, 9.17) is 9.56 Å². The van der Waals surface area contributed by atoms with E-state index in [1.165, 1.54) is 42.5 Å². The minimum atomic E-state index is -3.80. The van der Waals surface area contributed by atoms with Crippen molar-refractivity contribution in [1.29, 1.82) is 0 Å². The Morgan fingerprint density at radius 2 is 1.68 bits per heavy atom. The molecule has 1 amide bonds. The molecule has 2 aromatic carbocycles. The molecule has 1 aromatic heterocycles. The van der Waals surface area contributed by atoms with Crippen molar-refractivity contribution in [2.24, 2.45) is 5.14 Å². The molecule has 0 spiro atoms. The van der Waals surface area contributed by atoms with Crippen molar-refractivity contribution in [1.82, 2.24) is 0 Å². The summed E-state index contributed by atoms with van der Waals surface area (Å²) in [5, 5.41) is 7.56. The highest BCUT2D eigenvalue weighted by Crippen LogP contribution is 2.25. The highest BCUT2D eigenvalue weighted by atomic mass is 32.2. The lowest BCUT2D eigenvalue weighted by Crippen LogP contribution is -2.13. The molecule has 3 aromatic rings. The minimum Gasteiger partial charge on any atom is -0.451 e. The lowest BCUT2D eigenvalue weighted by Gasteiger charge is -2.04. The second-order valence-corrected chi connectivity index (χ2v) is 6.73. The fourth-order valence-electron chi connectivity index (χ4n) is 2.19. The molecular weight excluding hydrogens is 347 g/mol. The number of amides is 1. The minimum absolute atomic E-state index is 0.00576. The number of furan rings is 1. The number of halogens is 1. The summed E-state index contributed by atoms with van der Waals surface area (Å²) < 4.78 is 41.5. The van der Waals surface area contributed by atoms with Crippen molar-refractivity contribution < 1.29 is 22.0 Å². The van der Waals surface area contributed by atoms with Crippen molar-refractivity contribution in [3.8, 4) is 11.3 Å². The zero-order chi connectivity index (χ0) is 18.0. The molecule has 25 heavy (non-hydrogen) atoms. The maximum atomic E-state index is 13.7. The normalized spacial score (nSPS) is 11.3. The molecule has 0 aliphatic heterocycles. The van der Waals surface area contributed by atoms with Crippen LogP contribution in [-0.2, 0) is 10.0 Å². The van der Waals surface area contributed by atoms with Gasteiger partial charge in [-0.1, -0.05) is 12.1 Å². The van der Waals surface area contributed by atoms with Gasteiger partial charge in [-0.2, -0.15) is 0 Å². The summed E-state index contributed by atoms with van der Waals surface area (Å²) in [4.78, 5) is 12.1. The van der Waals surface area contributed by atoms with E-state index in [2.05, 4.69) is 5.32 Å². The van der Waals surface area contributed by atoms with E-state index in [0.29, 0.717) is 5.69 Å². The Hall–Kier alpha value is -2.97. The Morgan fingerprint density at radius 3 is 2.32 bits per heavy atom. The Labute approximate surface area is 143 Å². The number of benzene rings is 2. The Bertz CT molecular complexity index is 1030. The summed E-state index contributed by atoms with van der Waals surface area (Å²) in [6.45, 7) is 0. The molecular formula is C17H13FN2O4S. The standard InChI is InChI=1S/C17H13FN2O4S/c18-14-4-2-1-3-13(14)15-9-10-16(24-15)17(21)20-11-5-7-12(8-6-11)25(19,22)23/h1-10H,(H,20,21)(H2,19,22,23). The summed E-state index contributed by atoms with van der Waals surface area (Å²) in [6, 6.07) is 14.3. The topological polar surface area (TPSA) is 102 Å². The number of nitrogens with one attached hydrogen (secondary N) is 1. The summed E-state index contributed by atoms with van der Waals surface area (Å²) in [5.41, 5.74) is 0.611. The van der Waals surface area contributed by atoms with E-state index in [0.717, 1.165) is 0 Å². The summed E-state index contributed by atoms with van der Waals surface area (Å²) in [5.74, 6) is -0.782. The number of anilines is 1. The number of rotatable bonds is 4. The van der Waals surface area contributed by atoms with Gasteiger partial charge >= 0.3 is 0 Å². The number of hydrogen-bond donors (Lipinski definition) is 2. The van der Waals surface area contributed by atoms with Crippen LogP contribution in [0.25, 0.3) is 11.3 Å². The van der Waals surface area contributed by atoms with Gasteiger partial charge in [-0.05, 0) is 48.5 Å². The molecule has 0 saturated carbocycles. The molecule has 0 fully saturated rings. The van der Waals surface area contributed by atoms with Gasteiger partial charge in [0.2, 0.25) is 10.0 Å². The van der Waals surface area contributed by atoms with Crippen molar-refractivity contribution in [2.45, 2.75) is 4.90 Å². The van der Waals surface area contributed by atoms with E-state index >= 15 is 0 Å². The lowest BCUT2D eigenvalue weighted by atomic mass is 10.1. The van der Waals surface area contributed by atoms with Gasteiger partial charge in [-0.15, -0.1) is 0 Å². The molecule has 0 unspecified atom stereocenters. The van der Waals surface area contributed by atoms with Crippen LogP contribution in [0.4, 0.5) is 10.1 Å². The predicted octanol–water partition coefficient (Wildman–Crippen LogP) is 2.99. The van der Waals surface area contributed by atoms with Gasteiger partial charge in [0.15, 0.2) is 5.76 Å². The van der Waals surface area contributed by atoms with E-state index in [1.807, 2.05) is 0 Å². The highest BCUT2D eigenvalue weighted by Gasteiger charge is 2.15. The number of hydrogen-bond acceptors (Lipinski definition) is 4. The van der Waals surface area contributed by atoms with Crippen LogP contribution >= 0.6 is 0 Å². The van der Waals surface area contributed by atoms with Crippen LogP contribution in [-0.4, -0.2) is 14.3 Å². The zero-order valence-corrected chi connectivity index (χ0v) is 13.6. The van der Waals surface area contributed by atoms with Gasteiger partial charge in [-0.3, -0.25) is 4.79 Å². The van der Waals surface area contributed by atoms with Gasteiger partial charge in [0.05, 0.1) is 10.5 Å². The second-order valence-electron chi connectivity index (χ2n) is 5.17. The third-order valence-electron chi connectivity index (χ3n) is 3.41. The van der Waals surface area contributed by atoms with E-state index in [-0.39, 0.29) is 22.0 Å². The largest absolute Gasteiger partial charge is 0.451 e. The van der Waals surface area contributed by atoms with Gasteiger partial charge in [-0.25, -0.2) is 17.9 Å². The molecule has 1 heterocycles. The fourth-order valence-corrected chi connectivity index (χ4v) is 2.70. The van der Waals surface area contributed by atoms with Gasteiger partial charge in [0.1, 0.15) is 11.6 Å². The van der Waals surface area contributed by atoms with Gasteiger partial charge in [0, 0.05) is 5.69 Å². The van der Waals surface area contributed by atoms with Gasteiger partial charge in [0.25, 0.3) is 5.91 Å². The van der Waals surface area contributed by atoms with Crippen molar-refractivity contribution in [3.63, 3.8) is 0 Å². The van der Waals surface area contributed by atoms with E-state index in [9.17, 15) is 17.6 Å². The molecule has 0 aliphatic rings. The zero-order valence-electron chi connectivity index (χ0n) is 12.8. The molecule has 128 valence electrons. The molecule has 3 rings (SSSR count). The first kappa shape index (κ1) is 16.9. The fraction of sp³-hybridized carbons (Fsp3) is 0. The number of nitrogens with two attached hydrogens (primary N) is 1. The number of carbonyl (C=O) groups is 1. The molecule has 0 bridgehead atoms. The van der Waals surface area contributed by atoms with Crippen LogP contribution in [0.1, 0.15) is 10.6 Å². The third-order valence-corrected chi connectivity index (χ3v) is 4.34. The second kappa shape index (κ2) is 6.50. The van der Waals surface area contributed by atoms with Crippen LogP contribution in [0.3, 0.4) is 0 Å². The van der Waals surface area contributed by atoms with Gasteiger partial charge < -0.3 is 9.73 Å². The van der Waals surface area contributed by atoms with Crippen molar-refractivity contribution in [3.05, 3.63) is 72.2 Å². The van der Waals surface area contributed by atoms with Crippen molar-refractivity contribution >= 4 is 21.6 Å². The van der Waals surface area contributed by atoms with Crippen LogP contribution in [0, 0.1) is 5.82 Å². The molecule has 0 saturated heterocycles. The molecule has 0 radical (unpaired) electrons. The summed E-state index contributed by atoms with van der Waals surface area (Å²) in [6.07, 6.45) is 0. The quantitative estimate of drug-likeness (QED) is 0.746. The highest BCUT2D eigenvalue weighted by molar-refractivity contribution is 7.89. The maximum Gasteiger partial charge on any atom is 0.291 e. The Kier molecular flexibility index (Phi) is 4.39. The van der Waals surface area contributed by atoms with E-state index < -0.39 is 21.7 Å². The molecule has 0 atom stereocenters. The average molecular weight is 360 g/mol. The number of sulfonamides is 1. The monoisotopic (exact) mass is 360 g/mol. The Balaban J connectivity index is 1.77. The number of primary sulfonamides is 1. The first-order valence-electron chi connectivity index (χ1n) is 7.13. The SMILES string of the molecule is NS(=O)(=O)c1ccc(NC(=O)c2ccc(-c3ccccc3F)o2)cc1. The first-order valence-corrected chi connectivity index (χ1v) is 8.68. The summed E-state index contributed by atoms with van der Waals surface area (Å²) >= 11 is 0. The van der Waals surface area contributed by atoms with Crippen LogP contribution in [0.2, 0.25) is 0 Å². The third kappa shape index (κ3) is 3.76. The Morgan fingerprint density at radius 1 is 1.00 bits per heavy atom. The lowest BCUT2D eigenvalue weighted by molar-refractivity contribution is 0.0997. The van der Waals surface area contributed by atoms with Crippen molar-refractivity contribution in [2.75, 3.05) is 5.32 Å². The average Bonchev–Trinajstić information content (AvgIpc) is 3.05. The van der Waals surface area contributed by atoms with Crippen LogP contribution in [0.15, 0.2) is 70.0 Å². The van der Waals surface area contributed by atoms with E-state index in [1.54, 1.807) is 18.2 Å². The molecule has 0 aliphatic carbocycles. The van der Waals surface area contributed by atoms with Crippen LogP contribution in [0.5, 0.6) is 0 Å². The number of carbonyl (C=O) groups excluding carboxylic acids is 1. The first-order chi connectivity index (χ1) is 11.8.